The van der Waals surface area contributed by atoms with Crippen LogP contribution in [0.25, 0.3) is 0 Å². The summed E-state index contributed by atoms with van der Waals surface area (Å²) in [6.07, 6.45) is 2.40. The highest BCUT2D eigenvalue weighted by atomic mass is 15.3. The quantitative estimate of drug-likeness (QED) is 0.832. The number of aromatic nitrogens is 2. The maximum atomic E-state index is 4.79. The van der Waals surface area contributed by atoms with Crippen molar-refractivity contribution >= 4 is 0 Å². The number of hydrogen-bond donors (Lipinski definition) is 1. The molecule has 0 saturated carbocycles. The summed E-state index contributed by atoms with van der Waals surface area (Å²) in [5.41, 5.74) is 4.19. The minimum absolute atomic E-state index is 0.595. The maximum absolute atomic E-state index is 4.79. The Kier molecular flexibility index (Phi) is 2.92. The molecule has 0 aromatic carbocycles. The molecule has 0 amide bonds. The molecule has 1 saturated heterocycles. The van der Waals surface area contributed by atoms with E-state index >= 15 is 0 Å². The molecule has 1 fully saturated rings. The zero-order chi connectivity index (χ0) is 11.8. The summed E-state index contributed by atoms with van der Waals surface area (Å²) in [7, 11) is 0. The summed E-state index contributed by atoms with van der Waals surface area (Å²) in [5.74, 6) is 0. The fraction of sp³-hybridized carbons (Fsp3) is 0.769. The molecule has 1 unspecified atom stereocenters. The van der Waals surface area contributed by atoms with Gasteiger partial charge in [0.1, 0.15) is 0 Å². The van der Waals surface area contributed by atoms with Crippen molar-refractivity contribution in [3.05, 3.63) is 17.0 Å². The van der Waals surface area contributed by atoms with E-state index in [1.807, 2.05) is 0 Å². The van der Waals surface area contributed by atoms with Crippen LogP contribution in [0.4, 0.5) is 0 Å². The van der Waals surface area contributed by atoms with Crippen LogP contribution in [0.15, 0.2) is 0 Å². The standard InChI is InChI=1S/C13H22N4/c1-3-16-7-5-11(9-16)17-13-8-14-6-4-12(13)10(2)15-17/h11,14H,3-9H2,1-2H3. The third kappa shape index (κ3) is 1.89. The smallest absolute Gasteiger partial charge is 0.0662 e. The molecular weight excluding hydrogens is 212 g/mol. The van der Waals surface area contributed by atoms with Crippen LogP contribution in [-0.2, 0) is 13.0 Å². The number of likely N-dealkylation sites (N-methyl/N-ethyl adjacent to an activating group) is 1. The van der Waals surface area contributed by atoms with Gasteiger partial charge in [-0.1, -0.05) is 6.92 Å². The van der Waals surface area contributed by atoms with E-state index in [0.29, 0.717) is 6.04 Å². The number of likely N-dealkylation sites (tertiary alicyclic amines) is 1. The van der Waals surface area contributed by atoms with Crippen molar-refractivity contribution < 1.29 is 0 Å². The highest BCUT2D eigenvalue weighted by molar-refractivity contribution is 5.28. The molecule has 0 radical (unpaired) electrons. The van der Waals surface area contributed by atoms with Gasteiger partial charge in [-0.15, -0.1) is 0 Å². The van der Waals surface area contributed by atoms with Crippen molar-refractivity contribution in [3.8, 4) is 0 Å². The Balaban J connectivity index is 1.88. The summed E-state index contributed by atoms with van der Waals surface area (Å²) < 4.78 is 2.31. The van der Waals surface area contributed by atoms with E-state index in [0.717, 1.165) is 26.1 Å². The van der Waals surface area contributed by atoms with E-state index in [9.17, 15) is 0 Å². The lowest BCUT2D eigenvalue weighted by atomic mass is 10.1. The van der Waals surface area contributed by atoms with Gasteiger partial charge in [0.05, 0.1) is 17.4 Å². The van der Waals surface area contributed by atoms with Gasteiger partial charge < -0.3 is 10.2 Å². The molecule has 2 aliphatic rings. The molecule has 0 bridgehead atoms. The number of nitrogens with one attached hydrogen (secondary N) is 1. The summed E-state index contributed by atoms with van der Waals surface area (Å²) in [6.45, 7) is 10.1. The van der Waals surface area contributed by atoms with Gasteiger partial charge in [-0.3, -0.25) is 4.68 Å². The van der Waals surface area contributed by atoms with Crippen LogP contribution >= 0.6 is 0 Å². The van der Waals surface area contributed by atoms with Crippen LogP contribution in [0.2, 0.25) is 0 Å². The highest BCUT2D eigenvalue weighted by Gasteiger charge is 2.28. The number of hydrogen-bond acceptors (Lipinski definition) is 3. The SMILES string of the molecule is CCN1CCC(n2nc(C)c3c2CNCC3)C1. The van der Waals surface area contributed by atoms with Gasteiger partial charge >= 0.3 is 0 Å². The molecule has 4 heteroatoms. The van der Waals surface area contributed by atoms with Gasteiger partial charge in [-0.2, -0.15) is 5.10 Å². The summed E-state index contributed by atoms with van der Waals surface area (Å²) >= 11 is 0. The first kappa shape index (κ1) is 11.2. The molecule has 1 N–H and O–H groups in total. The van der Waals surface area contributed by atoms with Crippen molar-refractivity contribution in [1.82, 2.24) is 20.0 Å². The lowest BCUT2D eigenvalue weighted by Gasteiger charge is -2.19. The van der Waals surface area contributed by atoms with Crippen LogP contribution in [0.1, 0.15) is 36.3 Å². The summed E-state index contributed by atoms with van der Waals surface area (Å²) in [5, 5.41) is 8.26. The molecule has 3 rings (SSSR count). The lowest BCUT2D eigenvalue weighted by Crippen LogP contribution is -2.27. The Morgan fingerprint density at radius 3 is 3.12 bits per heavy atom. The van der Waals surface area contributed by atoms with Crippen LogP contribution in [0.3, 0.4) is 0 Å². The van der Waals surface area contributed by atoms with Gasteiger partial charge in [0.2, 0.25) is 0 Å². The van der Waals surface area contributed by atoms with Crippen molar-refractivity contribution in [3.63, 3.8) is 0 Å². The maximum Gasteiger partial charge on any atom is 0.0662 e. The first-order valence-electron chi connectivity index (χ1n) is 6.79. The normalized spacial score (nSPS) is 25.2. The number of nitrogens with zero attached hydrogens (tertiary/aromatic N) is 3. The summed E-state index contributed by atoms with van der Waals surface area (Å²) in [4.78, 5) is 2.52. The minimum Gasteiger partial charge on any atom is -0.311 e. The third-order valence-corrected chi connectivity index (χ3v) is 4.20. The van der Waals surface area contributed by atoms with Crippen LogP contribution in [-0.4, -0.2) is 40.9 Å². The molecule has 2 aliphatic heterocycles. The van der Waals surface area contributed by atoms with Gasteiger partial charge in [0.25, 0.3) is 0 Å². The average molecular weight is 234 g/mol. The number of aryl methyl sites for hydroxylation is 1. The van der Waals surface area contributed by atoms with Crippen LogP contribution in [0, 0.1) is 6.92 Å². The molecule has 94 valence electrons. The van der Waals surface area contributed by atoms with E-state index < -0.39 is 0 Å². The molecule has 1 aromatic rings. The molecule has 1 atom stereocenters. The van der Waals surface area contributed by atoms with Crippen LogP contribution < -0.4 is 5.32 Å². The van der Waals surface area contributed by atoms with Crippen molar-refractivity contribution in [2.24, 2.45) is 0 Å². The molecular formula is C13H22N4. The average Bonchev–Trinajstić information content (AvgIpc) is 2.95. The van der Waals surface area contributed by atoms with E-state index in [-0.39, 0.29) is 0 Å². The van der Waals surface area contributed by atoms with E-state index in [2.05, 4.69) is 28.7 Å². The molecule has 3 heterocycles. The van der Waals surface area contributed by atoms with Crippen molar-refractivity contribution in [1.29, 1.82) is 0 Å². The predicted molar refractivity (Wildman–Crippen MR) is 68.1 cm³/mol. The second-order valence-electron chi connectivity index (χ2n) is 5.22. The van der Waals surface area contributed by atoms with Gasteiger partial charge in [0, 0.05) is 19.6 Å². The van der Waals surface area contributed by atoms with Crippen LogP contribution in [0.5, 0.6) is 0 Å². The van der Waals surface area contributed by atoms with Gasteiger partial charge in [-0.25, -0.2) is 0 Å². The highest BCUT2D eigenvalue weighted by Crippen LogP contribution is 2.26. The molecule has 0 spiro atoms. The molecule has 1 aromatic heterocycles. The topological polar surface area (TPSA) is 33.1 Å². The summed E-state index contributed by atoms with van der Waals surface area (Å²) in [6, 6.07) is 0.595. The molecule has 4 nitrogen and oxygen atoms in total. The Morgan fingerprint density at radius 1 is 1.47 bits per heavy atom. The molecule has 17 heavy (non-hydrogen) atoms. The predicted octanol–water partition coefficient (Wildman–Crippen LogP) is 1.10. The van der Waals surface area contributed by atoms with E-state index in [1.54, 1.807) is 0 Å². The van der Waals surface area contributed by atoms with Crippen molar-refractivity contribution in [2.75, 3.05) is 26.2 Å². The zero-order valence-corrected chi connectivity index (χ0v) is 10.9. The minimum atomic E-state index is 0.595. The fourth-order valence-electron chi connectivity index (χ4n) is 3.16. The van der Waals surface area contributed by atoms with E-state index in [1.165, 1.54) is 36.5 Å². The van der Waals surface area contributed by atoms with Gasteiger partial charge in [-0.05, 0) is 38.4 Å². The lowest BCUT2D eigenvalue weighted by molar-refractivity contribution is 0.332. The Hall–Kier alpha value is -0.870. The second-order valence-corrected chi connectivity index (χ2v) is 5.22. The zero-order valence-electron chi connectivity index (χ0n) is 10.9. The Bertz CT molecular complexity index is 410. The third-order valence-electron chi connectivity index (χ3n) is 4.20. The largest absolute Gasteiger partial charge is 0.311 e. The van der Waals surface area contributed by atoms with E-state index in [4.69, 9.17) is 5.10 Å². The Morgan fingerprint density at radius 2 is 2.35 bits per heavy atom. The van der Waals surface area contributed by atoms with Gasteiger partial charge in [0.15, 0.2) is 0 Å². The fourth-order valence-corrected chi connectivity index (χ4v) is 3.16. The first-order valence-corrected chi connectivity index (χ1v) is 6.79. The second kappa shape index (κ2) is 4.42. The first-order chi connectivity index (χ1) is 8.29. The Labute approximate surface area is 103 Å². The van der Waals surface area contributed by atoms with Crippen molar-refractivity contribution in [2.45, 2.75) is 39.3 Å². The number of fused-ring (bicyclic) bond motifs is 1. The number of rotatable bonds is 2. The molecule has 0 aliphatic carbocycles. The monoisotopic (exact) mass is 234 g/mol.